The minimum absolute atomic E-state index is 0.0954. The van der Waals surface area contributed by atoms with E-state index < -0.39 is 0 Å². The van der Waals surface area contributed by atoms with Crippen molar-refractivity contribution in [3.63, 3.8) is 0 Å². The van der Waals surface area contributed by atoms with Crippen molar-refractivity contribution in [3.05, 3.63) is 78.4 Å². The van der Waals surface area contributed by atoms with E-state index >= 15 is 0 Å². The number of thioether (sulfide) groups is 1. The molecule has 0 aliphatic carbocycles. The number of methoxy groups -OCH3 is 2. The van der Waals surface area contributed by atoms with E-state index in [0.717, 1.165) is 33.9 Å². The molecule has 0 spiro atoms. The van der Waals surface area contributed by atoms with Crippen LogP contribution in [0.15, 0.2) is 78.0 Å². The number of carbonyl (C=O) groups excluding carboxylic acids is 1. The molecular weight excluding hydrogens is 472 g/mol. The zero-order valence-corrected chi connectivity index (χ0v) is 21.5. The van der Waals surface area contributed by atoms with Gasteiger partial charge in [-0.05, 0) is 79.6 Å². The first-order valence-electron chi connectivity index (χ1n) is 11.6. The predicted molar refractivity (Wildman–Crippen MR) is 144 cm³/mol. The number of amides is 1. The Balaban J connectivity index is 1.65. The molecule has 36 heavy (non-hydrogen) atoms. The van der Waals surface area contributed by atoms with Gasteiger partial charge in [0.25, 0.3) is 0 Å². The van der Waals surface area contributed by atoms with Crippen molar-refractivity contribution in [2.75, 3.05) is 19.5 Å². The molecular formula is C28H28N4O3S. The zero-order chi connectivity index (χ0) is 25.5. The SMILES string of the molecule is CCC(Sc1nnc(-c2ccc(OC)cc2)c(-c2ccc(OC)cc2)n1)C(=O)Nc1cccc(C)c1. The van der Waals surface area contributed by atoms with Crippen molar-refractivity contribution in [2.45, 2.75) is 30.7 Å². The molecule has 1 aromatic heterocycles. The van der Waals surface area contributed by atoms with Crippen LogP contribution in [0.2, 0.25) is 0 Å². The Morgan fingerprint density at radius 2 is 1.50 bits per heavy atom. The maximum absolute atomic E-state index is 13.0. The van der Waals surface area contributed by atoms with Gasteiger partial charge in [-0.3, -0.25) is 4.79 Å². The van der Waals surface area contributed by atoms with E-state index in [2.05, 4.69) is 15.5 Å². The molecule has 0 fully saturated rings. The lowest BCUT2D eigenvalue weighted by Crippen LogP contribution is -2.25. The maximum Gasteiger partial charge on any atom is 0.237 e. The second-order valence-corrected chi connectivity index (χ2v) is 9.29. The first kappa shape index (κ1) is 25.2. The van der Waals surface area contributed by atoms with Crippen LogP contribution in [0.5, 0.6) is 11.5 Å². The van der Waals surface area contributed by atoms with Crippen LogP contribution in [-0.2, 0) is 4.79 Å². The average molecular weight is 501 g/mol. The second kappa shape index (κ2) is 11.7. The van der Waals surface area contributed by atoms with E-state index in [4.69, 9.17) is 14.5 Å². The average Bonchev–Trinajstić information content (AvgIpc) is 2.91. The van der Waals surface area contributed by atoms with Crippen LogP contribution in [0.25, 0.3) is 22.5 Å². The van der Waals surface area contributed by atoms with Crippen LogP contribution < -0.4 is 14.8 Å². The Hall–Kier alpha value is -3.91. The number of hydrogen-bond donors (Lipinski definition) is 1. The minimum Gasteiger partial charge on any atom is -0.497 e. The molecule has 0 aliphatic rings. The number of nitrogens with one attached hydrogen (secondary N) is 1. The van der Waals surface area contributed by atoms with Gasteiger partial charge in [-0.2, -0.15) is 0 Å². The molecule has 1 unspecified atom stereocenters. The van der Waals surface area contributed by atoms with Gasteiger partial charge in [-0.25, -0.2) is 4.98 Å². The lowest BCUT2D eigenvalue weighted by Gasteiger charge is -2.15. The van der Waals surface area contributed by atoms with Gasteiger partial charge in [0.05, 0.1) is 19.5 Å². The lowest BCUT2D eigenvalue weighted by atomic mass is 10.0. The summed E-state index contributed by atoms with van der Waals surface area (Å²) in [6.45, 7) is 3.96. The standard InChI is InChI=1S/C28H28N4O3S/c1-5-24(27(33)29-21-8-6-7-18(2)17-21)36-28-30-25(19-9-13-22(34-3)14-10-19)26(31-32-28)20-11-15-23(35-4)16-12-20/h6-17,24H,5H2,1-4H3,(H,29,33). The molecule has 184 valence electrons. The summed E-state index contributed by atoms with van der Waals surface area (Å²) < 4.78 is 10.6. The maximum atomic E-state index is 13.0. The van der Waals surface area contributed by atoms with Gasteiger partial charge in [-0.15, -0.1) is 10.2 Å². The number of aromatic nitrogens is 3. The number of carbonyl (C=O) groups is 1. The van der Waals surface area contributed by atoms with Crippen molar-refractivity contribution in [3.8, 4) is 34.0 Å². The highest BCUT2D eigenvalue weighted by Crippen LogP contribution is 2.33. The Morgan fingerprint density at radius 1 is 0.889 bits per heavy atom. The fourth-order valence-electron chi connectivity index (χ4n) is 3.65. The topological polar surface area (TPSA) is 86.2 Å². The second-order valence-electron chi connectivity index (χ2n) is 8.12. The molecule has 7 nitrogen and oxygen atoms in total. The molecule has 4 rings (SSSR count). The Labute approximate surface area is 215 Å². The zero-order valence-electron chi connectivity index (χ0n) is 20.7. The van der Waals surface area contributed by atoms with Gasteiger partial charge in [0.15, 0.2) is 0 Å². The summed E-state index contributed by atoms with van der Waals surface area (Å²) in [5.74, 6) is 1.41. The largest absolute Gasteiger partial charge is 0.497 e. The molecule has 0 saturated carbocycles. The Bertz CT molecular complexity index is 1330. The van der Waals surface area contributed by atoms with Gasteiger partial charge in [0.1, 0.15) is 22.9 Å². The van der Waals surface area contributed by atoms with Gasteiger partial charge < -0.3 is 14.8 Å². The third-order valence-electron chi connectivity index (χ3n) is 5.59. The van der Waals surface area contributed by atoms with Crippen molar-refractivity contribution < 1.29 is 14.3 Å². The molecule has 0 radical (unpaired) electrons. The van der Waals surface area contributed by atoms with Crippen LogP contribution in [0.4, 0.5) is 5.69 Å². The Morgan fingerprint density at radius 3 is 2.06 bits per heavy atom. The van der Waals surface area contributed by atoms with Crippen LogP contribution in [0.3, 0.4) is 0 Å². The van der Waals surface area contributed by atoms with E-state index in [0.29, 0.717) is 23.0 Å². The van der Waals surface area contributed by atoms with E-state index in [1.807, 2.05) is 86.6 Å². The summed E-state index contributed by atoms with van der Waals surface area (Å²) in [6.07, 6.45) is 0.615. The predicted octanol–water partition coefficient (Wildman–Crippen LogP) is 6.04. The fraction of sp³-hybridized carbons (Fsp3) is 0.214. The first-order chi connectivity index (χ1) is 17.5. The Kier molecular flexibility index (Phi) is 8.17. The molecule has 0 bridgehead atoms. The molecule has 8 heteroatoms. The molecule has 1 heterocycles. The number of nitrogens with zero attached hydrogens (tertiary/aromatic N) is 3. The van der Waals surface area contributed by atoms with Crippen LogP contribution >= 0.6 is 11.8 Å². The van der Waals surface area contributed by atoms with Crippen molar-refractivity contribution in [1.29, 1.82) is 0 Å². The number of hydrogen-bond acceptors (Lipinski definition) is 7. The summed E-state index contributed by atoms with van der Waals surface area (Å²) in [6, 6.07) is 23.0. The number of benzene rings is 3. The minimum atomic E-state index is -0.372. The van der Waals surface area contributed by atoms with Crippen LogP contribution in [-0.4, -0.2) is 40.6 Å². The molecule has 0 aliphatic heterocycles. The number of anilines is 1. The summed E-state index contributed by atoms with van der Waals surface area (Å²) in [4.78, 5) is 17.8. The molecule has 3 aromatic carbocycles. The molecule has 0 saturated heterocycles. The summed E-state index contributed by atoms with van der Waals surface area (Å²) in [5.41, 5.74) is 4.91. The van der Waals surface area contributed by atoms with Gasteiger partial charge in [0.2, 0.25) is 11.1 Å². The van der Waals surface area contributed by atoms with Gasteiger partial charge in [0, 0.05) is 16.8 Å². The number of rotatable bonds is 9. The van der Waals surface area contributed by atoms with Crippen molar-refractivity contribution in [2.24, 2.45) is 0 Å². The lowest BCUT2D eigenvalue weighted by molar-refractivity contribution is -0.115. The normalized spacial score (nSPS) is 11.6. The van der Waals surface area contributed by atoms with Gasteiger partial charge in [-0.1, -0.05) is 30.8 Å². The molecule has 4 aromatic rings. The smallest absolute Gasteiger partial charge is 0.237 e. The highest BCUT2D eigenvalue weighted by atomic mass is 32.2. The quantitative estimate of drug-likeness (QED) is 0.280. The van der Waals surface area contributed by atoms with Crippen molar-refractivity contribution in [1.82, 2.24) is 15.2 Å². The summed E-state index contributed by atoms with van der Waals surface area (Å²) in [7, 11) is 3.26. The van der Waals surface area contributed by atoms with Gasteiger partial charge >= 0.3 is 0 Å². The first-order valence-corrected chi connectivity index (χ1v) is 12.5. The van der Waals surface area contributed by atoms with Crippen LogP contribution in [0, 0.1) is 6.92 Å². The third kappa shape index (κ3) is 6.01. The summed E-state index contributed by atoms with van der Waals surface area (Å²) in [5, 5.41) is 12.0. The van der Waals surface area contributed by atoms with E-state index in [-0.39, 0.29) is 11.2 Å². The molecule has 1 atom stereocenters. The monoisotopic (exact) mass is 500 g/mol. The van der Waals surface area contributed by atoms with E-state index in [1.54, 1.807) is 14.2 Å². The fourth-order valence-corrected chi connectivity index (χ4v) is 4.47. The highest BCUT2D eigenvalue weighted by molar-refractivity contribution is 8.00. The number of ether oxygens (including phenoxy) is 2. The van der Waals surface area contributed by atoms with E-state index in [9.17, 15) is 4.79 Å². The molecule has 1 N–H and O–H groups in total. The van der Waals surface area contributed by atoms with E-state index in [1.165, 1.54) is 11.8 Å². The number of aryl methyl sites for hydroxylation is 1. The van der Waals surface area contributed by atoms with Crippen LogP contribution in [0.1, 0.15) is 18.9 Å². The third-order valence-corrected chi connectivity index (χ3v) is 6.81. The molecule has 1 amide bonds. The summed E-state index contributed by atoms with van der Waals surface area (Å²) >= 11 is 1.31. The van der Waals surface area contributed by atoms with Crippen molar-refractivity contribution >= 4 is 23.4 Å². The highest BCUT2D eigenvalue weighted by Gasteiger charge is 2.22.